The lowest BCUT2D eigenvalue weighted by atomic mass is 9.83. The second-order valence-corrected chi connectivity index (χ2v) is 5.96. The molecular weight excluding hydrogens is 320 g/mol. The fourth-order valence-electron chi connectivity index (χ4n) is 2.96. The maximum atomic E-state index is 13.1. The van der Waals surface area contributed by atoms with Gasteiger partial charge in [0.25, 0.3) is 0 Å². The molecule has 3 rings (SSSR count). The average molecular weight is 338 g/mol. The predicted molar refractivity (Wildman–Crippen MR) is 98.0 cm³/mol. The van der Waals surface area contributed by atoms with Gasteiger partial charge in [0.15, 0.2) is 10.9 Å². The highest BCUT2D eigenvalue weighted by Gasteiger charge is 2.38. The molecule has 0 unspecified atom stereocenters. The molecule has 2 aromatic rings. The van der Waals surface area contributed by atoms with E-state index in [9.17, 15) is 4.79 Å². The molecule has 0 radical (unpaired) electrons. The van der Waals surface area contributed by atoms with Gasteiger partial charge >= 0.3 is 0 Å². The second-order valence-electron chi connectivity index (χ2n) is 5.55. The van der Waals surface area contributed by atoms with Crippen molar-refractivity contribution >= 4 is 23.1 Å². The van der Waals surface area contributed by atoms with E-state index in [1.165, 1.54) is 0 Å². The summed E-state index contributed by atoms with van der Waals surface area (Å²) in [5.41, 5.74) is 2.10. The van der Waals surface area contributed by atoms with Crippen molar-refractivity contribution in [3.63, 3.8) is 0 Å². The molecule has 2 N–H and O–H groups in total. The lowest BCUT2D eigenvalue weighted by molar-refractivity contribution is 0.0911. The molecule has 0 saturated carbocycles. The van der Waals surface area contributed by atoms with Gasteiger partial charge in [-0.05, 0) is 18.3 Å². The minimum Gasteiger partial charge on any atom is -0.496 e. The third-order valence-electron chi connectivity index (χ3n) is 4.08. The number of rotatable bonds is 4. The Labute approximate surface area is 146 Å². The van der Waals surface area contributed by atoms with E-state index < -0.39 is 5.92 Å². The number of Topliss-reactive ketones (excluding diaryl/α,β-unsaturated/α-hetero) is 1. The van der Waals surface area contributed by atoms with E-state index in [2.05, 4.69) is 17.2 Å². The molecule has 122 valence electrons. The van der Waals surface area contributed by atoms with E-state index >= 15 is 0 Å². The Morgan fingerprint density at radius 3 is 2.50 bits per heavy atom. The summed E-state index contributed by atoms with van der Waals surface area (Å²) in [6.07, 6.45) is 0. The zero-order valence-corrected chi connectivity index (χ0v) is 14.1. The number of benzene rings is 2. The van der Waals surface area contributed by atoms with E-state index in [4.69, 9.17) is 17.0 Å². The third-order valence-corrected chi connectivity index (χ3v) is 4.30. The highest BCUT2D eigenvalue weighted by molar-refractivity contribution is 7.80. The second kappa shape index (κ2) is 6.84. The molecule has 0 spiro atoms. The Morgan fingerprint density at radius 1 is 1.12 bits per heavy atom. The summed E-state index contributed by atoms with van der Waals surface area (Å²) in [6.45, 7) is 4.02. The van der Waals surface area contributed by atoms with Gasteiger partial charge in [0.1, 0.15) is 5.75 Å². The van der Waals surface area contributed by atoms with Crippen LogP contribution in [0.5, 0.6) is 5.75 Å². The minimum absolute atomic E-state index is 0.0148. The number of nitrogens with one attached hydrogen (secondary N) is 2. The van der Waals surface area contributed by atoms with Crippen LogP contribution in [0.4, 0.5) is 0 Å². The molecule has 5 heteroatoms. The molecule has 1 saturated heterocycles. The van der Waals surface area contributed by atoms with Gasteiger partial charge in [-0.2, -0.15) is 0 Å². The van der Waals surface area contributed by atoms with Gasteiger partial charge in [-0.25, -0.2) is 0 Å². The summed E-state index contributed by atoms with van der Waals surface area (Å²) in [7, 11) is 1.61. The van der Waals surface area contributed by atoms with Crippen molar-refractivity contribution in [2.45, 2.75) is 6.04 Å². The van der Waals surface area contributed by atoms with Gasteiger partial charge in [-0.15, -0.1) is 0 Å². The van der Waals surface area contributed by atoms with Crippen LogP contribution >= 0.6 is 12.2 Å². The summed E-state index contributed by atoms with van der Waals surface area (Å²) in [4.78, 5) is 13.1. The monoisotopic (exact) mass is 338 g/mol. The van der Waals surface area contributed by atoms with Crippen molar-refractivity contribution in [3.05, 3.63) is 78.0 Å². The van der Waals surface area contributed by atoms with Crippen LogP contribution in [-0.2, 0) is 0 Å². The first kappa shape index (κ1) is 16.2. The Morgan fingerprint density at radius 2 is 1.79 bits per heavy atom. The average Bonchev–Trinajstić information content (AvgIpc) is 2.61. The lowest BCUT2D eigenvalue weighted by Crippen LogP contribution is -2.50. The van der Waals surface area contributed by atoms with E-state index in [1.807, 2.05) is 54.6 Å². The molecule has 0 bridgehead atoms. The van der Waals surface area contributed by atoms with Crippen LogP contribution in [0.3, 0.4) is 0 Å². The minimum atomic E-state index is -0.490. The number of hydrogen-bond donors (Lipinski definition) is 2. The molecule has 1 fully saturated rings. The van der Waals surface area contributed by atoms with Crippen molar-refractivity contribution in [2.24, 2.45) is 5.92 Å². The Kier molecular flexibility index (Phi) is 4.62. The maximum Gasteiger partial charge on any atom is 0.174 e. The van der Waals surface area contributed by atoms with Gasteiger partial charge in [-0.1, -0.05) is 55.1 Å². The van der Waals surface area contributed by atoms with Crippen LogP contribution in [-0.4, -0.2) is 18.0 Å². The van der Waals surface area contributed by atoms with Gasteiger partial charge in [-0.3, -0.25) is 4.79 Å². The molecule has 2 atom stereocenters. The summed E-state index contributed by atoms with van der Waals surface area (Å²) >= 11 is 5.26. The van der Waals surface area contributed by atoms with Crippen LogP contribution in [0.25, 0.3) is 0 Å². The Balaban J connectivity index is 2.05. The molecular formula is C19H18N2O2S. The van der Waals surface area contributed by atoms with Crippen LogP contribution in [0.1, 0.15) is 22.0 Å². The summed E-state index contributed by atoms with van der Waals surface area (Å²) in [5.74, 6) is 0.202. The van der Waals surface area contributed by atoms with Gasteiger partial charge in [0.05, 0.1) is 19.1 Å². The molecule has 2 aromatic carbocycles. The van der Waals surface area contributed by atoms with Crippen molar-refractivity contribution in [1.82, 2.24) is 10.6 Å². The number of thiocarbonyl (C=S) groups is 1. The van der Waals surface area contributed by atoms with E-state index in [1.54, 1.807) is 7.11 Å². The number of methoxy groups -OCH3 is 1. The fraction of sp³-hybridized carbons (Fsp3) is 0.158. The van der Waals surface area contributed by atoms with Crippen molar-refractivity contribution < 1.29 is 9.53 Å². The van der Waals surface area contributed by atoms with Crippen molar-refractivity contribution in [3.8, 4) is 5.75 Å². The third kappa shape index (κ3) is 3.03. The topological polar surface area (TPSA) is 50.4 Å². The number of ketones is 1. The smallest absolute Gasteiger partial charge is 0.174 e. The first-order chi connectivity index (χ1) is 11.6. The van der Waals surface area contributed by atoms with E-state index in [-0.39, 0.29) is 11.8 Å². The van der Waals surface area contributed by atoms with Crippen molar-refractivity contribution in [1.29, 1.82) is 0 Å². The van der Waals surface area contributed by atoms with Crippen LogP contribution < -0.4 is 15.4 Å². The number of ether oxygens (including phenoxy) is 1. The fourth-order valence-corrected chi connectivity index (χ4v) is 3.22. The molecule has 0 amide bonds. The zero-order chi connectivity index (χ0) is 17.1. The summed E-state index contributed by atoms with van der Waals surface area (Å²) in [5, 5.41) is 6.63. The van der Waals surface area contributed by atoms with Crippen LogP contribution in [0, 0.1) is 5.92 Å². The molecule has 0 aromatic heterocycles. The molecule has 1 heterocycles. The van der Waals surface area contributed by atoms with Crippen molar-refractivity contribution in [2.75, 3.05) is 7.11 Å². The standard InChI is InChI=1S/C19H18N2O2S/c1-12-16(18(22)13-8-4-3-5-9-13)17(21-19(24)20-12)14-10-6-7-11-15(14)23-2/h3-11,16-17H,1H2,2H3,(H2,20,21,24)/t16-,17-/m0/s1. The number of carbonyl (C=O) groups is 1. The number of para-hydroxylation sites is 1. The van der Waals surface area contributed by atoms with Crippen LogP contribution in [0.2, 0.25) is 0 Å². The zero-order valence-electron chi connectivity index (χ0n) is 13.3. The largest absolute Gasteiger partial charge is 0.496 e. The molecule has 24 heavy (non-hydrogen) atoms. The lowest BCUT2D eigenvalue weighted by Gasteiger charge is -2.36. The van der Waals surface area contributed by atoms with Gasteiger partial charge in [0, 0.05) is 16.8 Å². The molecule has 4 nitrogen and oxygen atoms in total. The molecule has 0 aliphatic carbocycles. The van der Waals surface area contributed by atoms with E-state index in [0.717, 1.165) is 5.56 Å². The Bertz CT molecular complexity index is 789. The number of carbonyl (C=O) groups excluding carboxylic acids is 1. The molecule has 1 aliphatic rings. The maximum absolute atomic E-state index is 13.1. The molecule has 1 aliphatic heterocycles. The first-order valence-electron chi connectivity index (χ1n) is 7.60. The SMILES string of the molecule is C=C1NC(=S)N[C@@H](c2ccccc2OC)[C@H]1C(=O)c1ccccc1. The quantitative estimate of drug-likeness (QED) is 0.662. The predicted octanol–water partition coefficient (Wildman–Crippen LogP) is 3.23. The number of hydrogen-bond acceptors (Lipinski definition) is 3. The highest BCUT2D eigenvalue weighted by Crippen LogP contribution is 2.36. The van der Waals surface area contributed by atoms with Gasteiger partial charge in [0.2, 0.25) is 0 Å². The summed E-state index contributed by atoms with van der Waals surface area (Å²) < 4.78 is 5.46. The Hall–Kier alpha value is -2.66. The van der Waals surface area contributed by atoms with E-state index in [0.29, 0.717) is 22.1 Å². The van der Waals surface area contributed by atoms with Crippen LogP contribution in [0.15, 0.2) is 66.9 Å². The summed E-state index contributed by atoms with van der Waals surface area (Å²) in [6, 6.07) is 16.5. The first-order valence-corrected chi connectivity index (χ1v) is 8.01. The normalized spacial score (nSPS) is 20.0. The highest BCUT2D eigenvalue weighted by atomic mass is 32.1. The van der Waals surface area contributed by atoms with Gasteiger partial charge < -0.3 is 15.4 Å².